The minimum atomic E-state index is -0.602. The van der Waals surface area contributed by atoms with Crippen molar-refractivity contribution in [1.29, 1.82) is 0 Å². The van der Waals surface area contributed by atoms with Gasteiger partial charge >= 0.3 is 0 Å². The van der Waals surface area contributed by atoms with Crippen molar-refractivity contribution in [3.63, 3.8) is 0 Å². The van der Waals surface area contributed by atoms with Crippen molar-refractivity contribution in [2.45, 2.75) is 40.3 Å². The number of carbonyl (C=O) groups excluding carboxylic acids is 2. The smallest absolute Gasteiger partial charge is 0.261 e. The highest BCUT2D eigenvalue weighted by molar-refractivity contribution is 9.10. The van der Waals surface area contributed by atoms with Gasteiger partial charge in [0.05, 0.1) is 0 Å². The van der Waals surface area contributed by atoms with E-state index in [1.54, 1.807) is 11.8 Å². The predicted molar refractivity (Wildman–Crippen MR) is 114 cm³/mol. The second-order valence-electron chi connectivity index (χ2n) is 6.76. The SMILES string of the molecule is CCNC(=O)[C@H](C)N(Cc1cccc(Br)c1)C(=O)COc1ccc(C)c(C)c1. The Balaban J connectivity index is 2.15. The summed E-state index contributed by atoms with van der Waals surface area (Å²) < 4.78 is 6.63. The van der Waals surface area contributed by atoms with Gasteiger partial charge in [0.15, 0.2) is 6.61 Å². The number of nitrogens with one attached hydrogen (secondary N) is 1. The lowest BCUT2D eigenvalue weighted by Gasteiger charge is -2.28. The van der Waals surface area contributed by atoms with Gasteiger partial charge in [-0.3, -0.25) is 9.59 Å². The summed E-state index contributed by atoms with van der Waals surface area (Å²) in [5, 5.41) is 2.78. The molecule has 0 bridgehead atoms. The first-order valence-corrected chi connectivity index (χ1v) is 10.1. The molecule has 0 spiro atoms. The standard InChI is InChI=1S/C22H27BrN2O3/c1-5-24-22(27)17(4)25(13-18-7-6-8-19(23)12-18)21(26)14-28-20-10-9-15(2)16(3)11-20/h6-12,17H,5,13-14H2,1-4H3,(H,24,27)/t17-/m0/s1. The molecular weight excluding hydrogens is 420 g/mol. The fraction of sp³-hybridized carbons (Fsp3) is 0.364. The number of amides is 2. The van der Waals surface area contributed by atoms with Crippen molar-refractivity contribution >= 4 is 27.7 Å². The van der Waals surface area contributed by atoms with Crippen LogP contribution in [0.15, 0.2) is 46.9 Å². The van der Waals surface area contributed by atoms with E-state index in [0.29, 0.717) is 18.8 Å². The number of halogens is 1. The molecular formula is C22H27BrN2O3. The normalized spacial score (nSPS) is 11.6. The Hall–Kier alpha value is -2.34. The second-order valence-corrected chi connectivity index (χ2v) is 7.67. The zero-order valence-electron chi connectivity index (χ0n) is 16.8. The third-order valence-electron chi connectivity index (χ3n) is 4.60. The van der Waals surface area contributed by atoms with Crippen molar-refractivity contribution < 1.29 is 14.3 Å². The van der Waals surface area contributed by atoms with Crippen LogP contribution >= 0.6 is 15.9 Å². The van der Waals surface area contributed by atoms with E-state index in [4.69, 9.17) is 4.74 Å². The number of nitrogens with zero attached hydrogens (tertiary/aromatic N) is 1. The van der Waals surface area contributed by atoms with Crippen molar-refractivity contribution in [3.8, 4) is 5.75 Å². The van der Waals surface area contributed by atoms with E-state index in [-0.39, 0.29) is 18.4 Å². The molecule has 0 aliphatic carbocycles. The quantitative estimate of drug-likeness (QED) is 0.666. The average molecular weight is 447 g/mol. The molecule has 0 saturated heterocycles. The van der Waals surface area contributed by atoms with E-state index in [1.807, 2.05) is 63.2 Å². The maximum atomic E-state index is 12.9. The number of benzene rings is 2. The second kappa shape index (κ2) is 10.3. The molecule has 0 saturated carbocycles. The van der Waals surface area contributed by atoms with Crippen LogP contribution in [0.1, 0.15) is 30.5 Å². The maximum Gasteiger partial charge on any atom is 0.261 e. The molecule has 0 unspecified atom stereocenters. The minimum Gasteiger partial charge on any atom is -0.484 e. The van der Waals surface area contributed by atoms with E-state index in [0.717, 1.165) is 15.6 Å². The summed E-state index contributed by atoms with van der Waals surface area (Å²) in [7, 11) is 0. The molecule has 0 aliphatic rings. The van der Waals surface area contributed by atoms with Crippen LogP contribution in [-0.2, 0) is 16.1 Å². The molecule has 2 aromatic rings. The molecule has 2 amide bonds. The maximum absolute atomic E-state index is 12.9. The number of hydrogen-bond acceptors (Lipinski definition) is 3. The van der Waals surface area contributed by atoms with Crippen molar-refractivity contribution in [2.75, 3.05) is 13.2 Å². The summed E-state index contributed by atoms with van der Waals surface area (Å²) in [6, 6.07) is 12.8. The van der Waals surface area contributed by atoms with E-state index in [2.05, 4.69) is 21.2 Å². The zero-order chi connectivity index (χ0) is 20.7. The summed E-state index contributed by atoms with van der Waals surface area (Å²) >= 11 is 3.45. The van der Waals surface area contributed by atoms with E-state index >= 15 is 0 Å². The monoisotopic (exact) mass is 446 g/mol. The van der Waals surface area contributed by atoms with Crippen LogP contribution in [0.2, 0.25) is 0 Å². The van der Waals surface area contributed by atoms with E-state index in [9.17, 15) is 9.59 Å². The van der Waals surface area contributed by atoms with Crippen molar-refractivity contribution in [2.24, 2.45) is 0 Å². The van der Waals surface area contributed by atoms with E-state index in [1.165, 1.54) is 5.56 Å². The summed E-state index contributed by atoms with van der Waals surface area (Å²) in [6.45, 7) is 8.33. The van der Waals surface area contributed by atoms with Crippen molar-refractivity contribution in [3.05, 3.63) is 63.6 Å². The van der Waals surface area contributed by atoms with Crippen molar-refractivity contribution in [1.82, 2.24) is 10.2 Å². The van der Waals surface area contributed by atoms with Gasteiger partial charge in [-0.15, -0.1) is 0 Å². The van der Waals surface area contributed by atoms with E-state index < -0.39 is 6.04 Å². The topological polar surface area (TPSA) is 58.6 Å². The van der Waals surface area contributed by atoms with Crippen LogP contribution in [0, 0.1) is 13.8 Å². The molecule has 0 radical (unpaired) electrons. The van der Waals surface area contributed by atoms with Gasteiger partial charge in [-0.05, 0) is 68.7 Å². The number of likely N-dealkylation sites (N-methyl/N-ethyl adjacent to an activating group) is 1. The molecule has 28 heavy (non-hydrogen) atoms. The van der Waals surface area contributed by atoms with Gasteiger partial charge in [0, 0.05) is 17.6 Å². The Kier molecular flexibility index (Phi) is 8.05. The number of ether oxygens (including phenoxy) is 1. The number of rotatable bonds is 8. The van der Waals surface area contributed by atoms with Gasteiger partial charge in [0.1, 0.15) is 11.8 Å². The molecule has 150 valence electrons. The van der Waals surface area contributed by atoms with Crippen LogP contribution in [0.4, 0.5) is 0 Å². The van der Waals surface area contributed by atoms with Gasteiger partial charge in [-0.1, -0.05) is 34.1 Å². The lowest BCUT2D eigenvalue weighted by atomic mass is 10.1. The summed E-state index contributed by atoms with van der Waals surface area (Å²) in [4.78, 5) is 26.8. The molecule has 1 N–H and O–H groups in total. The van der Waals surface area contributed by atoms with Crippen LogP contribution in [-0.4, -0.2) is 35.9 Å². The van der Waals surface area contributed by atoms with Gasteiger partial charge in [0.2, 0.25) is 5.91 Å². The predicted octanol–water partition coefficient (Wildman–Crippen LogP) is 4.00. The minimum absolute atomic E-state index is 0.125. The Labute approximate surface area is 175 Å². The highest BCUT2D eigenvalue weighted by Crippen LogP contribution is 2.18. The number of aryl methyl sites for hydroxylation is 2. The Bertz CT molecular complexity index is 838. The Morgan fingerprint density at radius 3 is 2.54 bits per heavy atom. The molecule has 0 aliphatic heterocycles. The number of hydrogen-bond donors (Lipinski definition) is 1. The molecule has 2 aromatic carbocycles. The fourth-order valence-electron chi connectivity index (χ4n) is 2.77. The first-order valence-electron chi connectivity index (χ1n) is 9.33. The van der Waals surface area contributed by atoms with Crippen LogP contribution < -0.4 is 10.1 Å². The largest absolute Gasteiger partial charge is 0.484 e. The van der Waals surface area contributed by atoms with Gasteiger partial charge in [-0.2, -0.15) is 0 Å². The molecule has 0 fully saturated rings. The Morgan fingerprint density at radius 1 is 1.14 bits per heavy atom. The fourth-order valence-corrected chi connectivity index (χ4v) is 3.21. The lowest BCUT2D eigenvalue weighted by Crippen LogP contribution is -2.49. The Morgan fingerprint density at radius 2 is 1.89 bits per heavy atom. The number of carbonyl (C=O) groups is 2. The molecule has 1 atom stereocenters. The van der Waals surface area contributed by atoms with Crippen LogP contribution in [0.3, 0.4) is 0 Å². The summed E-state index contributed by atoms with van der Waals surface area (Å²) in [6.07, 6.45) is 0. The zero-order valence-corrected chi connectivity index (χ0v) is 18.4. The molecule has 2 rings (SSSR count). The van der Waals surface area contributed by atoms with Gasteiger partial charge < -0.3 is 15.0 Å². The van der Waals surface area contributed by atoms with Crippen LogP contribution in [0.5, 0.6) is 5.75 Å². The van der Waals surface area contributed by atoms with Gasteiger partial charge in [0.25, 0.3) is 5.91 Å². The molecule has 0 aromatic heterocycles. The molecule has 0 heterocycles. The lowest BCUT2D eigenvalue weighted by molar-refractivity contribution is -0.142. The first kappa shape index (κ1) is 22.0. The molecule has 6 heteroatoms. The van der Waals surface area contributed by atoms with Crippen LogP contribution in [0.25, 0.3) is 0 Å². The van der Waals surface area contributed by atoms with Gasteiger partial charge in [-0.25, -0.2) is 0 Å². The highest BCUT2D eigenvalue weighted by atomic mass is 79.9. The molecule has 5 nitrogen and oxygen atoms in total. The summed E-state index contributed by atoms with van der Waals surface area (Å²) in [5.74, 6) is 0.221. The first-order chi connectivity index (χ1) is 13.3. The summed E-state index contributed by atoms with van der Waals surface area (Å²) in [5.41, 5.74) is 3.21. The third kappa shape index (κ3) is 6.09. The highest BCUT2D eigenvalue weighted by Gasteiger charge is 2.26. The third-order valence-corrected chi connectivity index (χ3v) is 5.09. The average Bonchev–Trinajstić information content (AvgIpc) is 2.66.